The van der Waals surface area contributed by atoms with Crippen molar-refractivity contribution in [3.05, 3.63) is 90.5 Å². The molecule has 0 aromatic heterocycles. The fourth-order valence-corrected chi connectivity index (χ4v) is 8.98. The summed E-state index contributed by atoms with van der Waals surface area (Å²) in [6.07, 6.45) is 2.68. The Morgan fingerprint density at radius 1 is 1.18 bits per heavy atom. The third-order valence-corrected chi connectivity index (χ3v) is 11.2. The Bertz CT molecular complexity index is 1610. The average molecular weight is 787 g/mol. The van der Waals surface area contributed by atoms with Crippen LogP contribution in [0.4, 0.5) is 5.69 Å². The van der Waals surface area contributed by atoms with Crippen LogP contribution in [0.1, 0.15) is 44.3 Å². The number of halogens is 2. The first-order valence-electron chi connectivity index (χ1n) is 17.1. The monoisotopic (exact) mass is 785 g/mol. The summed E-state index contributed by atoms with van der Waals surface area (Å²) in [5.74, 6) is -4.11. The first-order chi connectivity index (χ1) is 24.6. The van der Waals surface area contributed by atoms with Gasteiger partial charge < -0.3 is 34.4 Å². The van der Waals surface area contributed by atoms with Crippen LogP contribution in [-0.4, -0.2) is 95.2 Å². The summed E-state index contributed by atoms with van der Waals surface area (Å²) >= 11 is 10.3. The van der Waals surface area contributed by atoms with Crippen LogP contribution in [0.15, 0.2) is 79.9 Å². The zero-order chi connectivity index (χ0) is 36.9. The Labute approximate surface area is 312 Å². The van der Waals surface area contributed by atoms with Crippen LogP contribution in [0, 0.1) is 11.8 Å². The highest BCUT2D eigenvalue weighted by atomic mass is 79.9. The zero-order valence-corrected chi connectivity index (χ0v) is 31.1. The fraction of sp³-hybridized carbons (Fsp3) is 0.474. The van der Waals surface area contributed by atoms with Gasteiger partial charge in [0.25, 0.3) is 5.91 Å². The predicted molar refractivity (Wildman–Crippen MR) is 196 cm³/mol. The van der Waals surface area contributed by atoms with Crippen molar-refractivity contribution >= 4 is 56.9 Å². The number of nitrogens with one attached hydrogen (secondary N) is 1. The molecule has 13 heteroatoms. The second-order valence-electron chi connectivity index (χ2n) is 13.1. The molecule has 2 bridgehead atoms. The Hall–Kier alpha value is -3.55. The normalized spacial score (nSPS) is 26.6. The number of alkyl halides is 1. The molecule has 0 radical (unpaired) electrons. The number of hydrogen-bond donors (Lipinski definition) is 2. The quantitative estimate of drug-likeness (QED) is 0.133. The van der Waals surface area contributed by atoms with Crippen LogP contribution < -0.4 is 10.2 Å². The summed E-state index contributed by atoms with van der Waals surface area (Å²) in [6, 6.07) is 13.2. The number of allylic oxidation sites excluding steroid dienone is 1. The molecule has 274 valence electrons. The number of rotatable bonds is 17. The smallest absolute Gasteiger partial charge is 0.313 e. The van der Waals surface area contributed by atoms with Gasteiger partial charge in [0.1, 0.15) is 17.7 Å². The molecule has 3 heterocycles. The summed E-state index contributed by atoms with van der Waals surface area (Å²) in [4.78, 5) is 59.5. The average Bonchev–Trinajstić information content (AvgIpc) is 3.73. The lowest BCUT2D eigenvalue weighted by Gasteiger charge is -2.39. The molecule has 0 aliphatic carbocycles. The number of esters is 1. The number of nitrogens with zero attached hydrogens (tertiary/aromatic N) is 2. The third-order valence-electron chi connectivity index (χ3n) is 10.0. The highest BCUT2D eigenvalue weighted by Gasteiger charge is 2.77. The van der Waals surface area contributed by atoms with Crippen LogP contribution in [0.3, 0.4) is 0 Å². The van der Waals surface area contributed by atoms with Crippen LogP contribution in [0.2, 0.25) is 5.02 Å². The summed E-state index contributed by atoms with van der Waals surface area (Å²) < 4.78 is 18.5. The minimum Gasteiger partial charge on any atom is -0.455 e. The van der Waals surface area contributed by atoms with Crippen molar-refractivity contribution in [1.29, 1.82) is 0 Å². The molecule has 5 rings (SSSR count). The van der Waals surface area contributed by atoms with Crippen molar-refractivity contribution in [3.8, 4) is 0 Å². The molecule has 3 amide bonds. The number of carbonyl (C=O) groups excluding carboxylic acids is 4. The van der Waals surface area contributed by atoms with E-state index < -0.39 is 77.0 Å². The second kappa shape index (κ2) is 16.9. The molecule has 2 aromatic rings. The fourth-order valence-electron chi connectivity index (χ4n) is 7.80. The number of fused-ring (bicyclic) bond motifs is 1. The van der Waals surface area contributed by atoms with Gasteiger partial charge in [-0.3, -0.25) is 19.2 Å². The molecule has 9 atom stereocenters. The van der Waals surface area contributed by atoms with Crippen molar-refractivity contribution in [1.82, 2.24) is 10.2 Å². The van der Waals surface area contributed by atoms with Crippen molar-refractivity contribution < 1.29 is 38.5 Å². The van der Waals surface area contributed by atoms with E-state index in [1.54, 1.807) is 60.7 Å². The van der Waals surface area contributed by atoms with E-state index in [2.05, 4.69) is 34.4 Å². The first-order valence-corrected chi connectivity index (χ1v) is 18.4. The van der Waals surface area contributed by atoms with E-state index in [9.17, 15) is 24.3 Å². The maximum absolute atomic E-state index is 14.9. The molecule has 1 unspecified atom stereocenters. The van der Waals surface area contributed by atoms with Crippen LogP contribution in [-0.2, 0) is 33.4 Å². The lowest BCUT2D eigenvalue weighted by atomic mass is 9.70. The minimum absolute atomic E-state index is 0.0326. The van der Waals surface area contributed by atoms with Crippen molar-refractivity contribution in [2.45, 2.75) is 73.4 Å². The zero-order valence-electron chi connectivity index (χ0n) is 28.8. The van der Waals surface area contributed by atoms with E-state index in [1.807, 2.05) is 13.0 Å². The minimum atomic E-state index is -1.42. The van der Waals surface area contributed by atoms with E-state index in [-0.39, 0.29) is 31.9 Å². The second-order valence-corrected chi connectivity index (χ2v) is 14.7. The largest absolute Gasteiger partial charge is 0.455 e. The number of carbonyl (C=O) groups is 4. The molecule has 51 heavy (non-hydrogen) atoms. The van der Waals surface area contributed by atoms with Gasteiger partial charge in [-0.15, -0.1) is 13.2 Å². The number of ether oxygens (including phenoxy) is 3. The number of methoxy groups -OCH3 is 1. The van der Waals surface area contributed by atoms with E-state index in [0.717, 1.165) is 0 Å². The first kappa shape index (κ1) is 38.7. The summed E-state index contributed by atoms with van der Waals surface area (Å²) in [6.45, 7) is 9.06. The van der Waals surface area contributed by atoms with E-state index >= 15 is 0 Å². The highest BCUT2D eigenvalue weighted by Crippen LogP contribution is 2.61. The van der Waals surface area contributed by atoms with Gasteiger partial charge >= 0.3 is 5.97 Å². The third kappa shape index (κ3) is 7.39. The molecule has 2 aromatic carbocycles. The van der Waals surface area contributed by atoms with E-state index in [0.29, 0.717) is 29.1 Å². The number of hydrogen-bond acceptors (Lipinski definition) is 8. The standard InChI is InChI=1S/C38H45BrClN3O8/c1-5-8-18-29(45)41-27(22-49-4)32(23-14-10-9-11-15-23)50-37(48)30-31-35(46)43(24(7-3)21-44)34(38(31)20-25(39)33(30)51-38)36(47)42(19-6-2)28-17-13-12-16-26(28)40/h5-6,9-17,24-25,27,30-34,44H,1-2,7-8,18-22H2,3-4H3,(H,41,45)/t24-,25?,27-,30+,31-,32-,33+,34+,38-/m0/s1. The topological polar surface area (TPSA) is 135 Å². The highest BCUT2D eigenvalue weighted by molar-refractivity contribution is 9.09. The lowest BCUT2D eigenvalue weighted by Crippen LogP contribution is -2.59. The van der Waals surface area contributed by atoms with Crippen molar-refractivity contribution in [3.63, 3.8) is 0 Å². The van der Waals surface area contributed by atoms with E-state index in [4.69, 9.17) is 25.8 Å². The molecular weight excluding hydrogens is 742 g/mol. The molecule has 0 saturated carbocycles. The predicted octanol–water partition coefficient (Wildman–Crippen LogP) is 4.76. The number of likely N-dealkylation sites (tertiary alicyclic amines) is 1. The number of anilines is 1. The summed E-state index contributed by atoms with van der Waals surface area (Å²) in [5.41, 5.74) is -0.380. The molecule has 3 aliphatic rings. The molecule has 3 saturated heterocycles. The maximum Gasteiger partial charge on any atom is 0.313 e. The van der Waals surface area contributed by atoms with Gasteiger partial charge in [-0.05, 0) is 37.0 Å². The SMILES string of the molecule is C=CCCC(=O)N[C@@H](COC)[C@@H](OC(=O)[C@H]1[C@@H]2O[C@@]3(CC2Br)[C@@H]1C(=O)N([C@@H](CC)CO)[C@@H]3C(=O)N(CC=C)c1ccccc1Cl)c1ccccc1. The summed E-state index contributed by atoms with van der Waals surface area (Å²) in [5, 5.41) is 13.8. The van der Waals surface area contributed by atoms with Crippen molar-refractivity contribution in [2.75, 3.05) is 31.8 Å². The number of para-hydroxylation sites is 1. The maximum atomic E-state index is 14.9. The Morgan fingerprint density at radius 3 is 2.51 bits per heavy atom. The van der Waals surface area contributed by atoms with Crippen molar-refractivity contribution in [2.24, 2.45) is 11.8 Å². The molecule has 2 N–H and O–H groups in total. The Balaban J connectivity index is 1.55. The van der Waals surface area contributed by atoms with Gasteiger partial charge in [-0.2, -0.15) is 0 Å². The lowest BCUT2D eigenvalue weighted by molar-refractivity contribution is -0.163. The van der Waals surface area contributed by atoms with Gasteiger partial charge in [0, 0.05) is 24.9 Å². The molecular formula is C38H45BrClN3O8. The number of aliphatic hydroxyl groups is 1. The number of benzene rings is 2. The summed E-state index contributed by atoms with van der Waals surface area (Å²) in [7, 11) is 1.49. The molecule has 3 fully saturated rings. The van der Waals surface area contributed by atoms with Gasteiger partial charge in [-0.25, -0.2) is 0 Å². The molecule has 3 aliphatic heterocycles. The van der Waals surface area contributed by atoms with Gasteiger partial charge in [0.15, 0.2) is 0 Å². The van der Waals surface area contributed by atoms with Gasteiger partial charge in [0.2, 0.25) is 11.8 Å². The number of amides is 3. The number of aliphatic hydroxyl groups excluding tert-OH is 1. The van der Waals surface area contributed by atoms with Gasteiger partial charge in [-0.1, -0.05) is 89.1 Å². The van der Waals surface area contributed by atoms with Crippen LogP contribution in [0.5, 0.6) is 0 Å². The Kier molecular flexibility index (Phi) is 12.8. The van der Waals surface area contributed by atoms with Crippen LogP contribution >= 0.6 is 27.5 Å². The molecule has 1 spiro atoms. The van der Waals surface area contributed by atoms with E-state index in [1.165, 1.54) is 16.9 Å². The van der Waals surface area contributed by atoms with Crippen LogP contribution in [0.25, 0.3) is 0 Å². The Morgan fingerprint density at radius 2 is 1.88 bits per heavy atom. The molecule has 11 nitrogen and oxygen atoms in total. The van der Waals surface area contributed by atoms with Gasteiger partial charge in [0.05, 0.1) is 53.9 Å².